The number of hydrogen-bond donors (Lipinski definition) is 1. The molecule has 0 saturated heterocycles. The van der Waals surface area contributed by atoms with E-state index in [0.29, 0.717) is 17.8 Å². The summed E-state index contributed by atoms with van der Waals surface area (Å²) < 4.78 is 5.02. The zero-order valence-electron chi connectivity index (χ0n) is 17.0. The molecule has 1 N–H and O–H groups in total. The van der Waals surface area contributed by atoms with Gasteiger partial charge in [0.15, 0.2) is 5.78 Å². The first kappa shape index (κ1) is 19.2. The van der Waals surface area contributed by atoms with Crippen molar-refractivity contribution < 1.29 is 19.4 Å². The Bertz CT molecular complexity index is 667. The van der Waals surface area contributed by atoms with Gasteiger partial charge in [0.05, 0.1) is 6.10 Å². The van der Waals surface area contributed by atoms with Crippen LogP contribution in [-0.2, 0) is 14.3 Å². The normalized spacial score (nSPS) is 45.9. The number of fused-ring (bicyclic) bond motifs is 5. The van der Waals surface area contributed by atoms with Crippen LogP contribution in [-0.4, -0.2) is 29.6 Å². The van der Waals surface area contributed by atoms with Gasteiger partial charge in [-0.05, 0) is 80.0 Å². The zero-order valence-corrected chi connectivity index (χ0v) is 17.0. The topological polar surface area (TPSA) is 63.6 Å². The average Bonchev–Trinajstić information content (AvgIpc) is 2.97. The largest absolute Gasteiger partial charge is 0.458 e. The van der Waals surface area contributed by atoms with Gasteiger partial charge < -0.3 is 9.84 Å². The number of aliphatic hydroxyl groups excluding tert-OH is 1. The molecule has 4 aliphatic rings. The summed E-state index contributed by atoms with van der Waals surface area (Å²) in [6.45, 7) is 6.06. The summed E-state index contributed by atoms with van der Waals surface area (Å²) in [6.07, 6.45) is 10.6. The molecule has 7 atom stereocenters. The van der Waals surface area contributed by atoms with Gasteiger partial charge in [-0.3, -0.25) is 9.59 Å². The summed E-state index contributed by atoms with van der Waals surface area (Å²) in [7, 11) is 0. The molecule has 0 amide bonds. The molecular weight excluding hydrogens is 340 g/mol. The molecule has 0 heterocycles. The van der Waals surface area contributed by atoms with E-state index in [0.717, 1.165) is 44.9 Å². The molecule has 0 spiro atoms. The molecule has 0 bridgehead atoms. The van der Waals surface area contributed by atoms with Crippen molar-refractivity contribution in [2.75, 3.05) is 6.61 Å². The highest BCUT2D eigenvalue weighted by atomic mass is 16.5. The second kappa shape index (κ2) is 6.72. The van der Waals surface area contributed by atoms with Gasteiger partial charge in [0.2, 0.25) is 0 Å². The lowest BCUT2D eigenvalue weighted by Gasteiger charge is -2.57. The minimum Gasteiger partial charge on any atom is -0.458 e. The molecule has 0 aromatic carbocycles. The van der Waals surface area contributed by atoms with Gasteiger partial charge in [0.25, 0.3) is 0 Å². The molecule has 3 saturated carbocycles. The van der Waals surface area contributed by atoms with Crippen molar-refractivity contribution >= 4 is 11.8 Å². The lowest BCUT2D eigenvalue weighted by molar-refractivity contribution is -0.149. The highest BCUT2D eigenvalue weighted by Gasteiger charge is 2.59. The third kappa shape index (κ3) is 2.99. The standard InChI is InChI=1S/C23H34O4/c1-14(24)27-13-21(26)20-7-6-18-17-5-4-15-12-16(25)8-10-22(15,2)19(17)9-11-23(18,20)3/h4,16-20,25H,5-13H2,1-3H3/t16-,17+,18-,19-,20+,22+,23+/m1/s1. The summed E-state index contributed by atoms with van der Waals surface area (Å²) in [4.78, 5) is 23.9. The Kier molecular flexibility index (Phi) is 4.77. The van der Waals surface area contributed by atoms with Crippen molar-refractivity contribution in [1.29, 1.82) is 0 Å². The highest BCUT2D eigenvalue weighted by Crippen LogP contribution is 2.66. The smallest absolute Gasteiger partial charge is 0.303 e. The fourth-order valence-electron chi connectivity index (χ4n) is 7.44. The molecule has 27 heavy (non-hydrogen) atoms. The van der Waals surface area contributed by atoms with E-state index in [1.807, 2.05) is 0 Å². The van der Waals surface area contributed by atoms with Crippen LogP contribution in [0.3, 0.4) is 0 Å². The minimum absolute atomic E-state index is 0.0363. The molecule has 0 unspecified atom stereocenters. The maximum absolute atomic E-state index is 12.8. The third-order valence-corrected chi connectivity index (χ3v) is 8.88. The van der Waals surface area contributed by atoms with Crippen molar-refractivity contribution in [3.63, 3.8) is 0 Å². The van der Waals surface area contributed by atoms with E-state index in [-0.39, 0.29) is 41.2 Å². The number of ether oxygens (including phenoxy) is 1. The lowest BCUT2D eigenvalue weighted by atomic mass is 9.47. The number of carbonyl (C=O) groups excluding carboxylic acids is 2. The highest BCUT2D eigenvalue weighted by molar-refractivity contribution is 5.85. The van der Waals surface area contributed by atoms with E-state index >= 15 is 0 Å². The van der Waals surface area contributed by atoms with Crippen LogP contribution in [0, 0.1) is 34.5 Å². The monoisotopic (exact) mass is 374 g/mol. The van der Waals surface area contributed by atoms with Crippen molar-refractivity contribution in [3.8, 4) is 0 Å². The molecular formula is C23H34O4. The number of ketones is 1. The van der Waals surface area contributed by atoms with E-state index < -0.39 is 0 Å². The average molecular weight is 375 g/mol. The zero-order chi connectivity index (χ0) is 19.4. The van der Waals surface area contributed by atoms with Crippen molar-refractivity contribution in [2.24, 2.45) is 34.5 Å². The SMILES string of the molecule is CC(=O)OCC(=O)[C@@H]1CC[C@@H]2[C@@H]3CC=C4C[C@H](O)CC[C@]4(C)[C@@H]3CC[C@@]21C. The van der Waals surface area contributed by atoms with Gasteiger partial charge in [-0.15, -0.1) is 0 Å². The van der Waals surface area contributed by atoms with Crippen LogP contribution in [0.5, 0.6) is 0 Å². The van der Waals surface area contributed by atoms with Gasteiger partial charge in [-0.1, -0.05) is 25.5 Å². The molecule has 150 valence electrons. The van der Waals surface area contributed by atoms with Crippen LogP contribution in [0.15, 0.2) is 11.6 Å². The first-order valence-electron chi connectivity index (χ1n) is 10.8. The Morgan fingerprint density at radius 1 is 1.15 bits per heavy atom. The number of carbonyl (C=O) groups is 2. The predicted octanol–water partition coefficient (Wildman–Crippen LogP) is 4.06. The van der Waals surface area contributed by atoms with Crippen LogP contribution in [0.1, 0.15) is 72.1 Å². The number of hydrogen-bond acceptors (Lipinski definition) is 4. The van der Waals surface area contributed by atoms with E-state index in [2.05, 4.69) is 19.9 Å². The number of aliphatic hydroxyl groups is 1. The van der Waals surface area contributed by atoms with E-state index in [9.17, 15) is 14.7 Å². The molecule has 4 nitrogen and oxygen atoms in total. The number of Topliss-reactive ketones (excluding diaryl/α,β-unsaturated/α-hetero) is 1. The summed E-state index contributed by atoms with van der Waals surface area (Å²) in [5.41, 5.74) is 1.78. The molecule has 4 heteroatoms. The Labute approximate surface area is 162 Å². The molecule has 3 fully saturated rings. The Morgan fingerprint density at radius 3 is 2.67 bits per heavy atom. The van der Waals surface area contributed by atoms with E-state index in [4.69, 9.17) is 4.74 Å². The van der Waals surface area contributed by atoms with Crippen molar-refractivity contribution in [3.05, 3.63) is 11.6 Å². The maximum Gasteiger partial charge on any atom is 0.303 e. The second-order valence-electron chi connectivity index (χ2n) is 10.1. The molecule has 4 aliphatic carbocycles. The van der Waals surface area contributed by atoms with Crippen molar-refractivity contribution in [1.82, 2.24) is 0 Å². The van der Waals surface area contributed by atoms with Crippen LogP contribution < -0.4 is 0 Å². The summed E-state index contributed by atoms with van der Waals surface area (Å²) >= 11 is 0. The van der Waals surface area contributed by atoms with Crippen LogP contribution in [0.25, 0.3) is 0 Å². The summed E-state index contributed by atoms with van der Waals surface area (Å²) in [5, 5.41) is 10.1. The van der Waals surface area contributed by atoms with Gasteiger partial charge >= 0.3 is 5.97 Å². The fourth-order valence-corrected chi connectivity index (χ4v) is 7.44. The Hall–Kier alpha value is -1.16. The quantitative estimate of drug-likeness (QED) is 0.598. The molecule has 4 rings (SSSR count). The Morgan fingerprint density at radius 2 is 1.93 bits per heavy atom. The summed E-state index contributed by atoms with van der Waals surface area (Å²) in [6, 6.07) is 0. The van der Waals surface area contributed by atoms with Crippen LogP contribution in [0.2, 0.25) is 0 Å². The van der Waals surface area contributed by atoms with Crippen LogP contribution >= 0.6 is 0 Å². The molecule has 0 aromatic rings. The number of allylic oxidation sites excluding steroid dienone is 1. The number of esters is 1. The second-order valence-corrected chi connectivity index (χ2v) is 10.1. The third-order valence-electron chi connectivity index (χ3n) is 8.88. The first-order chi connectivity index (χ1) is 12.8. The fraction of sp³-hybridized carbons (Fsp3) is 0.826. The molecule has 0 aromatic heterocycles. The predicted molar refractivity (Wildman–Crippen MR) is 103 cm³/mol. The van der Waals surface area contributed by atoms with Crippen LogP contribution in [0.4, 0.5) is 0 Å². The maximum atomic E-state index is 12.8. The van der Waals surface area contributed by atoms with E-state index in [1.165, 1.54) is 18.9 Å². The molecule has 0 aliphatic heterocycles. The van der Waals surface area contributed by atoms with Gasteiger partial charge in [-0.25, -0.2) is 0 Å². The van der Waals surface area contributed by atoms with E-state index in [1.54, 1.807) is 0 Å². The first-order valence-corrected chi connectivity index (χ1v) is 10.8. The lowest BCUT2D eigenvalue weighted by Crippen LogP contribution is -2.51. The summed E-state index contributed by atoms with van der Waals surface area (Å²) in [5.74, 6) is 1.71. The minimum atomic E-state index is -0.371. The number of rotatable bonds is 3. The van der Waals surface area contributed by atoms with Crippen molar-refractivity contribution in [2.45, 2.75) is 78.2 Å². The van der Waals surface area contributed by atoms with Gasteiger partial charge in [0.1, 0.15) is 6.61 Å². The van der Waals surface area contributed by atoms with Gasteiger partial charge in [0, 0.05) is 12.8 Å². The molecule has 0 radical (unpaired) electrons. The van der Waals surface area contributed by atoms with Gasteiger partial charge in [-0.2, -0.15) is 0 Å². The Balaban J connectivity index is 1.55.